The number of hydrogen-bond donors (Lipinski definition) is 0. The van der Waals surface area contributed by atoms with E-state index >= 15 is 0 Å². The maximum absolute atomic E-state index is 13.0. The van der Waals surface area contributed by atoms with Crippen LogP contribution in [-0.2, 0) is 15.8 Å². The van der Waals surface area contributed by atoms with Crippen LogP contribution in [0.3, 0.4) is 0 Å². The molecule has 28 heavy (non-hydrogen) atoms. The number of benzene rings is 1. The predicted molar refractivity (Wildman–Crippen MR) is 103 cm³/mol. The Kier molecular flexibility index (Phi) is 5.03. The lowest BCUT2D eigenvalue weighted by Gasteiger charge is -2.31. The molecule has 0 radical (unpaired) electrons. The van der Waals surface area contributed by atoms with Gasteiger partial charge in [-0.15, -0.1) is 0 Å². The Balaban J connectivity index is 1.48. The normalized spacial score (nSPS) is 18.4. The highest BCUT2D eigenvalue weighted by Crippen LogP contribution is 2.24. The first-order chi connectivity index (χ1) is 13.4. The molecule has 0 bridgehead atoms. The average Bonchev–Trinajstić information content (AvgIpc) is 3.04. The van der Waals surface area contributed by atoms with Crippen LogP contribution in [0.4, 0.5) is 0 Å². The Hall–Kier alpha value is -2.52. The van der Waals surface area contributed by atoms with E-state index in [1.165, 1.54) is 4.31 Å². The first-order valence-electron chi connectivity index (χ1n) is 9.21. The molecule has 1 aromatic carbocycles. The van der Waals surface area contributed by atoms with E-state index in [2.05, 4.69) is 15.1 Å². The van der Waals surface area contributed by atoms with Gasteiger partial charge in [-0.25, -0.2) is 13.4 Å². The Morgan fingerprint density at radius 1 is 1.25 bits per heavy atom. The van der Waals surface area contributed by atoms with E-state index in [1.54, 1.807) is 19.1 Å². The Morgan fingerprint density at radius 3 is 2.89 bits per heavy atom. The zero-order chi connectivity index (χ0) is 19.7. The maximum atomic E-state index is 13.0. The van der Waals surface area contributed by atoms with Crippen molar-refractivity contribution in [3.63, 3.8) is 0 Å². The molecule has 9 heteroatoms. The lowest BCUT2D eigenvalue weighted by molar-refractivity contribution is 0.124. The molecule has 1 aliphatic heterocycles. The minimum Gasteiger partial charge on any atom is -0.473 e. The van der Waals surface area contributed by atoms with Gasteiger partial charge in [0.15, 0.2) is 5.58 Å². The standard InChI is InChI=1S/C19H22N4O4S/c1-13-10-19(21-14(2)20-13)26-15-6-5-9-23(11-15)28(24,25)12-17-16-7-3-4-8-18(16)27-22-17/h3-4,7-8,10,15H,5-6,9,11-12H2,1-2H3. The summed E-state index contributed by atoms with van der Waals surface area (Å²) in [6.45, 7) is 4.45. The van der Waals surface area contributed by atoms with Crippen molar-refractivity contribution < 1.29 is 17.7 Å². The van der Waals surface area contributed by atoms with Crippen LogP contribution in [0.15, 0.2) is 34.9 Å². The molecule has 1 unspecified atom stereocenters. The Morgan fingerprint density at radius 2 is 2.07 bits per heavy atom. The van der Waals surface area contributed by atoms with Crippen LogP contribution in [-0.4, -0.2) is 47.0 Å². The molecule has 3 aromatic rings. The molecule has 148 valence electrons. The monoisotopic (exact) mass is 402 g/mol. The number of piperidine rings is 1. The number of fused-ring (bicyclic) bond motifs is 1. The third-order valence-corrected chi connectivity index (χ3v) is 6.49. The van der Waals surface area contributed by atoms with E-state index in [0.29, 0.717) is 36.1 Å². The topological polar surface area (TPSA) is 98.4 Å². The predicted octanol–water partition coefficient (Wildman–Crippen LogP) is 2.61. The molecule has 1 atom stereocenters. The number of hydrogen-bond acceptors (Lipinski definition) is 7. The van der Waals surface area contributed by atoms with Crippen molar-refractivity contribution in [2.45, 2.75) is 38.5 Å². The lowest BCUT2D eigenvalue weighted by atomic mass is 10.1. The quantitative estimate of drug-likeness (QED) is 0.647. The molecule has 0 aliphatic carbocycles. The van der Waals surface area contributed by atoms with E-state index in [4.69, 9.17) is 9.26 Å². The molecule has 1 aliphatic rings. The van der Waals surface area contributed by atoms with Crippen LogP contribution in [0.2, 0.25) is 0 Å². The summed E-state index contributed by atoms with van der Waals surface area (Å²) in [6, 6.07) is 9.02. The SMILES string of the molecule is Cc1cc(OC2CCCN(S(=O)(=O)Cc3noc4ccccc34)C2)nc(C)n1. The number of sulfonamides is 1. The van der Waals surface area contributed by atoms with Crippen LogP contribution in [0.5, 0.6) is 5.88 Å². The lowest BCUT2D eigenvalue weighted by Crippen LogP contribution is -2.44. The highest BCUT2D eigenvalue weighted by molar-refractivity contribution is 7.88. The molecule has 0 amide bonds. The van der Waals surface area contributed by atoms with Crippen molar-refractivity contribution in [2.75, 3.05) is 13.1 Å². The molecular formula is C19H22N4O4S. The molecular weight excluding hydrogens is 380 g/mol. The van der Waals surface area contributed by atoms with E-state index in [0.717, 1.165) is 23.9 Å². The van der Waals surface area contributed by atoms with Crippen molar-refractivity contribution >= 4 is 21.0 Å². The Labute approximate surface area is 163 Å². The molecule has 0 N–H and O–H groups in total. The summed E-state index contributed by atoms with van der Waals surface area (Å²) in [5.74, 6) is 0.924. The van der Waals surface area contributed by atoms with E-state index < -0.39 is 10.0 Å². The van der Waals surface area contributed by atoms with Gasteiger partial charge in [0, 0.05) is 23.7 Å². The second-order valence-corrected chi connectivity index (χ2v) is 8.99. The van der Waals surface area contributed by atoms with Gasteiger partial charge in [0.2, 0.25) is 15.9 Å². The van der Waals surface area contributed by atoms with Gasteiger partial charge in [-0.05, 0) is 38.8 Å². The molecule has 4 rings (SSSR count). The first kappa shape index (κ1) is 18.8. The zero-order valence-electron chi connectivity index (χ0n) is 15.8. The van der Waals surface area contributed by atoms with Gasteiger partial charge in [-0.3, -0.25) is 0 Å². The fourth-order valence-corrected chi connectivity index (χ4v) is 5.01. The van der Waals surface area contributed by atoms with Gasteiger partial charge in [-0.1, -0.05) is 17.3 Å². The Bertz CT molecular complexity index is 1080. The van der Waals surface area contributed by atoms with E-state index in [1.807, 2.05) is 25.1 Å². The van der Waals surface area contributed by atoms with Gasteiger partial charge in [-0.2, -0.15) is 9.29 Å². The van der Waals surface area contributed by atoms with E-state index in [9.17, 15) is 8.42 Å². The molecule has 0 saturated carbocycles. The number of rotatable bonds is 5. The van der Waals surface area contributed by atoms with Gasteiger partial charge < -0.3 is 9.26 Å². The first-order valence-corrected chi connectivity index (χ1v) is 10.8. The third kappa shape index (κ3) is 4.00. The third-order valence-electron chi connectivity index (χ3n) is 4.74. The van der Waals surface area contributed by atoms with Gasteiger partial charge >= 0.3 is 0 Å². The number of ether oxygens (including phenoxy) is 1. The molecule has 1 fully saturated rings. The summed E-state index contributed by atoms with van der Waals surface area (Å²) >= 11 is 0. The minimum atomic E-state index is -3.54. The van der Waals surface area contributed by atoms with Crippen LogP contribution < -0.4 is 4.74 Å². The van der Waals surface area contributed by atoms with E-state index in [-0.39, 0.29) is 11.9 Å². The number of nitrogens with zero attached hydrogens (tertiary/aromatic N) is 4. The fourth-order valence-electron chi connectivity index (χ4n) is 3.47. The summed E-state index contributed by atoms with van der Waals surface area (Å²) in [6.07, 6.45) is 1.26. The summed E-state index contributed by atoms with van der Waals surface area (Å²) in [5, 5.41) is 4.68. The van der Waals surface area contributed by atoms with Crippen LogP contribution >= 0.6 is 0 Å². The highest BCUT2D eigenvalue weighted by atomic mass is 32.2. The second kappa shape index (κ2) is 7.48. The molecule has 8 nitrogen and oxygen atoms in total. The van der Waals surface area contributed by atoms with Crippen molar-refractivity contribution in [1.29, 1.82) is 0 Å². The molecule has 3 heterocycles. The van der Waals surface area contributed by atoms with Gasteiger partial charge in [0.1, 0.15) is 23.4 Å². The molecule has 0 spiro atoms. The van der Waals surface area contributed by atoms with Gasteiger partial charge in [0.05, 0.1) is 6.54 Å². The number of aryl methyl sites for hydroxylation is 2. The van der Waals surface area contributed by atoms with Crippen molar-refractivity contribution in [2.24, 2.45) is 0 Å². The zero-order valence-corrected chi connectivity index (χ0v) is 16.6. The van der Waals surface area contributed by atoms with Crippen molar-refractivity contribution in [1.82, 2.24) is 19.4 Å². The van der Waals surface area contributed by atoms with Gasteiger partial charge in [0.25, 0.3) is 0 Å². The van der Waals surface area contributed by atoms with Crippen LogP contribution in [0, 0.1) is 13.8 Å². The number of aromatic nitrogens is 3. The molecule has 2 aromatic heterocycles. The largest absolute Gasteiger partial charge is 0.473 e. The van der Waals surface area contributed by atoms with Crippen LogP contribution in [0.1, 0.15) is 30.1 Å². The van der Waals surface area contributed by atoms with Crippen LogP contribution in [0.25, 0.3) is 11.0 Å². The number of para-hydroxylation sites is 1. The summed E-state index contributed by atoms with van der Waals surface area (Å²) < 4.78 is 38.6. The maximum Gasteiger partial charge on any atom is 0.220 e. The molecule has 1 saturated heterocycles. The average molecular weight is 402 g/mol. The van der Waals surface area contributed by atoms with Crippen molar-refractivity contribution in [3.8, 4) is 5.88 Å². The summed E-state index contributed by atoms with van der Waals surface area (Å²) in [7, 11) is -3.54. The minimum absolute atomic E-state index is 0.192. The smallest absolute Gasteiger partial charge is 0.220 e. The summed E-state index contributed by atoms with van der Waals surface area (Å²) in [4.78, 5) is 8.52. The summed E-state index contributed by atoms with van der Waals surface area (Å²) in [5.41, 5.74) is 1.84. The highest BCUT2D eigenvalue weighted by Gasteiger charge is 2.31. The second-order valence-electron chi connectivity index (χ2n) is 7.02. The van der Waals surface area contributed by atoms with Crippen molar-refractivity contribution in [3.05, 3.63) is 47.5 Å². The fraction of sp³-hybridized carbons (Fsp3) is 0.421.